The summed E-state index contributed by atoms with van der Waals surface area (Å²) >= 11 is 0. The summed E-state index contributed by atoms with van der Waals surface area (Å²) in [6.07, 6.45) is 11.2. The highest BCUT2D eigenvalue weighted by atomic mass is 16.3. The van der Waals surface area contributed by atoms with Crippen LogP contribution in [0.25, 0.3) is 0 Å². The Hall–Kier alpha value is -0.340. The number of hydrogen-bond donors (Lipinski definition) is 1. The van der Waals surface area contributed by atoms with Crippen LogP contribution in [0.5, 0.6) is 0 Å². The Bertz CT molecular complexity index is 335. The Balaban J connectivity index is 2.55. The van der Waals surface area contributed by atoms with Crippen molar-refractivity contribution < 1.29 is 5.11 Å². The third kappa shape index (κ3) is 5.09. The van der Waals surface area contributed by atoms with E-state index in [-0.39, 0.29) is 17.2 Å². The zero-order chi connectivity index (χ0) is 16.8. The van der Waals surface area contributed by atoms with Gasteiger partial charge in [-0.2, -0.15) is 0 Å². The van der Waals surface area contributed by atoms with Gasteiger partial charge in [-0.05, 0) is 65.7 Å². The number of nitrogens with zero attached hydrogens (tertiary/aromatic N) is 1. The highest BCUT2D eigenvalue weighted by Crippen LogP contribution is 2.43. The van der Waals surface area contributed by atoms with Crippen LogP contribution < -0.4 is 0 Å². The maximum absolute atomic E-state index is 10.0. The molecule has 1 saturated heterocycles. The van der Waals surface area contributed by atoms with E-state index >= 15 is 0 Å². The predicted molar refractivity (Wildman–Crippen MR) is 97.2 cm³/mol. The van der Waals surface area contributed by atoms with Gasteiger partial charge in [0.2, 0.25) is 0 Å². The van der Waals surface area contributed by atoms with Gasteiger partial charge in [0.25, 0.3) is 0 Å². The Morgan fingerprint density at radius 1 is 1.23 bits per heavy atom. The molecular formula is C20H39NO. The molecular weight excluding hydrogens is 270 g/mol. The van der Waals surface area contributed by atoms with Gasteiger partial charge in [0.1, 0.15) is 0 Å². The summed E-state index contributed by atoms with van der Waals surface area (Å²) in [7, 11) is 0. The van der Waals surface area contributed by atoms with Gasteiger partial charge in [0.15, 0.2) is 0 Å². The lowest BCUT2D eigenvalue weighted by molar-refractivity contribution is -0.0599. The van der Waals surface area contributed by atoms with Crippen molar-refractivity contribution in [1.29, 1.82) is 0 Å². The van der Waals surface area contributed by atoms with Crippen molar-refractivity contribution in [3.05, 3.63) is 12.7 Å². The van der Waals surface area contributed by atoms with Gasteiger partial charge in [-0.1, -0.05) is 32.3 Å². The van der Waals surface area contributed by atoms with Crippen molar-refractivity contribution >= 4 is 0 Å². The summed E-state index contributed by atoms with van der Waals surface area (Å²) in [6.45, 7) is 16.6. The van der Waals surface area contributed by atoms with Crippen molar-refractivity contribution in [2.75, 3.05) is 6.54 Å². The summed E-state index contributed by atoms with van der Waals surface area (Å²) in [5.74, 6) is 0.721. The molecule has 1 aliphatic heterocycles. The Morgan fingerprint density at radius 2 is 1.86 bits per heavy atom. The van der Waals surface area contributed by atoms with Crippen molar-refractivity contribution in [3.8, 4) is 0 Å². The van der Waals surface area contributed by atoms with E-state index in [4.69, 9.17) is 0 Å². The molecule has 1 aliphatic rings. The molecule has 22 heavy (non-hydrogen) atoms. The molecule has 2 atom stereocenters. The topological polar surface area (TPSA) is 23.5 Å². The quantitative estimate of drug-likeness (QED) is 0.594. The van der Waals surface area contributed by atoms with Gasteiger partial charge < -0.3 is 5.11 Å². The average molecular weight is 310 g/mol. The van der Waals surface area contributed by atoms with E-state index in [1.54, 1.807) is 0 Å². The van der Waals surface area contributed by atoms with Crippen LogP contribution in [0.3, 0.4) is 0 Å². The molecule has 0 aliphatic carbocycles. The number of rotatable bonds is 9. The van der Waals surface area contributed by atoms with Gasteiger partial charge in [-0.15, -0.1) is 6.58 Å². The minimum Gasteiger partial charge on any atom is -0.393 e. The monoisotopic (exact) mass is 309 g/mol. The summed E-state index contributed by atoms with van der Waals surface area (Å²) < 4.78 is 0. The third-order valence-corrected chi connectivity index (χ3v) is 5.82. The Labute approximate surface area is 139 Å². The summed E-state index contributed by atoms with van der Waals surface area (Å²) in [5, 5.41) is 10.0. The molecule has 130 valence electrons. The zero-order valence-corrected chi connectivity index (χ0v) is 15.7. The fourth-order valence-corrected chi connectivity index (χ4v) is 4.31. The molecule has 0 bridgehead atoms. The highest BCUT2D eigenvalue weighted by Gasteiger charge is 2.45. The highest BCUT2D eigenvalue weighted by molar-refractivity contribution is 5.03. The SMILES string of the molecule is C=CCN1C(C)(C)CCC(CCCC(O)CCCC)C1(C)C. The van der Waals surface area contributed by atoms with Crippen LogP contribution in [0.2, 0.25) is 0 Å². The van der Waals surface area contributed by atoms with Gasteiger partial charge in [-0.3, -0.25) is 4.90 Å². The predicted octanol–water partition coefficient (Wildman–Crippen LogP) is 5.16. The molecule has 2 unspecified atom stereocenters. The largest absolute Gasteiger partial charge is 0.393 e. The summed E-state index contributed by atoms with van der Waals surface area (Å²) in [5.41, 5.74) is 0.471. The van der Waals surface area contributed by atoms with Crippen LogP contribution in [0.1, 0.15) is 86.0 Å². The molecule has 0 aromatic heterocycles. The van der Waals surface area contributed by atoms with Gasteiger partial charge in [0, 0.05) is 17.6 Å². The van der Waals surface area contributed by atoms with E-state index in [0.717, 1.165) is 38.1 Å². The molecule has 2 heteroatoms. The second-order valence-electron chi connectivity index (χ2n) is 8.33. The van der Waals surface area contributed by atoms with Crippen molar-refractivity contribution in [3.63, 3.8) is 0 Å². The fraction of sp³-hybridized carbons (Fsp3) is 0.900. The Kier molecular flexibility index (Phi) is 7.61. The number of aliphatic hydroxyl groups is 1. The molecule has 0 radical (unpaired) electrons. The number of unbranched alkanes of at least 4 members (excludes halogenated alkanes) is 1. The minimum atomic E-state index is -0.0904. The molecule has 0 amide bonds. The van der Waals surface area contributed by atoms with E-state index in [1.165, 1.54) is 25.7 Å². The first-order valence-electron chi connectivity index (χ1n) is 9.32. The fourth-order valence-electron chi connectivity index (χ4n) is 4.31. The third-order valence-electron chi connectivity index (χ3n) is 5.82. The molecule has 1 rings (SSSR count). The number of piperidine rings is 1. The first-order chi connectivity index (χ1) is 10.3. The smallest absolute Gasteiger partial charge is 0.0540 e. The van der Waals surface area contributed by atoms with E-state index in [9.17, 15) is 5.11 Å². The maximum Gasteiger partial charge on any atom is 0.0540 e. The van der Waals surface area contributed by atoms with Crippen molar-refractivity contribution in [2.45, 2.75) is 103 Å². The van der Waals surface area contributed by atoms with Crippen LogP contribution in [-0.2, 0) is 0 Å². The first-order valence-corrected chi connectivity index (χ1v) is 9.32. The maximum atomic E-state index is 10.0. The van der Waals surface area contributed by atoms with Crippen LogP contribution in [0.15, 0.2) is 12.7 Å². The Morgan fingerprint density at radius 3 is 2.45 bits per heavy atom. The normalized spacial score (nSPS) is 25.8. The van der Waals surface area contributed by atoms with Gasteiger partial charge >= 0.3 is 0 Å². The average Bonchev–Trinajstić information content (AvgIpc) is 2.44. The van der Waals surface area contributed by atoms with Crippen LogP contribution in [-0.4, -0.2) is 33.7 Å². The van der Waals surface area contributed by atoms with Crippen LogP contribution in [0, 0.1) is 5.92 Å². The summed E-state index contributed by atoms with van der Waals surface area (Å²) in [4.78, 5) is 2.63. The van der Waals surface area contributed by atoms with E-state index in [0.29, 0.717) is 0 Å². The zero-order valence-electron chi connectivity index (χ0n) is 15.7. The molecule has 2 nitrogen and oxygen atoms in total. The van der Waals surface area contributed by atoms with Crippen LogP contribution in [0.4, 0.5) is 0 Å². The lowest BCUT2D eigenvalue weighted by Crippen LogP contribution is -2.62. The lowest BCUT2D eigenvalue weighted by atomic mass is 9.70. The number of likely N-dealkylation sites (tertiary alicyclic amines) is 1. The molecule has 0 spiro atoms. The number of aliphatic hydroxyl groups excluding tert-OH is 1. The molecule has 1 fully saturated rings. The second-order valence-corrected chi connectivity index (χ2v) is 8.33. The second kappa shape index (κ2) is 8.49. The van der Waals surface area contributed by atoms with E-state index in [2.05, 4.69) is 46.1 Å². The molecule has 0 aromatic carbocycles. The molecule has 0 saturated carbocycles. The van der Waals surface area contributed by atoms with E-state index < -0.39 is 0 Å². The van der Waals surface area contributed by atoms with E-state index in [1.807, 2.05) is 6.08 Å². The van der Waals surface area contributed by atoms with Crippen molar-refractivity contribution in [2.24, 2.45) is 5.92 Å². The van der Waals surface area contributed by atoms with Gasteiger partial charge in [-0.25, -0.2) is 0 Å². The standard InChI is InChI=1S/C20H39NO/c1-7-9-12-18(22)13-10-11-17-14-15-19(3,4)21(16-8-2)20(17,5)6/h8,17-18,22H,2,7,9-16H2,1,3-6H3. The first kappa shape index (κ1) is 19.7. The molecule has 1 heterocycles. The number of hydrogen-bond acceptors (Lipinski definition) is 2. The van der Waals surface area contributed by atoms with Crippen LogP contribution >= 0.6 is 0 Å². The lowest BCUT2D eigenvalue weighted by Gasteiger charge is -2.56. The molecule has 0 aromatic rings. The summed E-state index contributed by atoms with van der Waals surface area (Å²) in [6, 6.07) is 0. The van der Waals surface area contributed by atoms with Gasteiger partial charge in [0.05, 0.1) is 6.10 Å². The molecule has 1 N–H and O–H groups in total. The minimum absolute atomic E-state index is 0.0904. The van der Waals surface area contributed by atoms with Crippen molar-refractivity contribution in [1.82, 2.24) is 4.90 Å².